The number of nitrogen functional groups attached to an aromatic ring is 1. The molecule has 84 valence electrons. The van der Waals surface area contributed by atoms with Crippen LogP contribution in [0.1, 0.15) is 38.3 Å². The molecule has 2 rings (SSSR count). The van der Waals surface area contributed by atoms with E-state index in [0.717, 1.165) is 13.1 Å². The zero-order valence-corrected chi connectivity index (χ0v) is 9.37. The number of hydrogen-bond donors (Lipinski definition) is 2. The van der Waals surface area contributed by atoms with E-state index in [-0.39, 0.29) is 0 Å². The molecular formula is C11H20N4. The van der Waals surface area contributed by atoms with Crippen molar-refractivity contribution < 1.29 is 0 Å². The summed E-state index contributed by atoms with van der Waals surface area (Å²) in [5, 5.41) is 3.57. The first-order valence-electron chi connectivity index (χ1n) is 5.84. The molecule has 1 aromatic rings. The van der Waals surface area contributed by atoms with Crippen molar-refractivity contribution in [2.75, 3.05) is 5.73 Å². The van der Waals surface area contributed by atoms with Crippen LogP contribution < -0.4 is 11.1 Å². The summed E-state index contributed by atoms with van der Waals surface area (Å²) in [5.41, 5.74) is 6.96. The van der Waals surface area contributed by atoms with Crippen molar-refractivity contribution >= 4 is 5.95 Å². The van der Waals surface area contributed by atoms with Crippen molar-refractivity contribution in [3.05, 3.63) is 11.9 Å². The molecule has 1 fully saturated rings. The number of anilines is 1. The van der Waals surface area contributed by atoms with Crippen LogP contribution in [0, 0.1) is 0 Å². The Labute approximate surface area is 90.9 Å². The maximum atomic E-state index is 5.76. The molecule has 4 heteroatoms. The van der Waals surface area contributed by atoms with Crippen LogP contribution in [0.2, 0.25) is 0 Å². The summed E-state index contributed by atoms with van der Waals surface area (Å²) in [5.74, 6) is 0.626. The molecule has 0 aliphatic heterocycles. The third-order valence-electron chi connectivity index (χ3n) is 3.21. The normalized spacial score (nSPS) is 17.4. The molecule has 0 aromatic carbocycles. The highest BCUT2D eigenvalue weighted by molar-refractivity contribution is 5.22. The van der Waals surface area contributed by atoms with Gasteiger partial charge in [-0.05, 0) is 19.8 Å². The second-order valence-electron chi connectivity index (χ2n) is 4.21. The highest BCUT2D eigenvalue weighted by atomic mass is 15.2. The number of hydrogen-bond acceptors (Lipinski definition) is 3. The lowest BCUT2D eigenvalue weighted by Crippen LogP contribution is -2.26. The molecule has 1 heterocycles. The number of nitrogens with zero attached hydrogens (tertiary/aromatic N) is 2. The van der Waals surface area contributed by atoms with Crippen LogP contribution in [0.3, 0.4) is 0 Å². The van der Waals surface area contributed by atoms with Crippen molar-refractivity contribution in [2.24, 2.45) is 0 Å². The Hall–Kier alpha value is -1.03. The first-order chi connectivity index (χ1) is 7.31. The van der Waals surface area contributed by atoms with Gasteiger partial charge in [0.2, 0.25) is 0 Å². The second-order valence-corrected chi connectivity index (χ2v) is 4.21. The van der Waals surface area contributed by atoms with Gasteiger partial charge in [0.25, 0.3) is 0 Å². The quantitative estimate of drug-likeness (QED) is 0.788. The molecule has 0 bridgehead atoms. The Morgan fingerprint density at radius 2 is 2.27 bits per heavy atom. The van der Waals surface area contributed by atoms with Gasteiger partial charge in [-0.25, -0.2) is 4.98 Å². The van der Waals surface area contributed by atoms with E-state index in [1.807, 2.05) is 6.20 Å². The fourth-order valence-electron chi connectivity index (χ4n) is 2.31. The summed E-state index contributed by atoms with van der Waals surface area (Å²) in [6.07, 6.45) is 7.24. The second kappa shape index (κ2) is 4.66. The monoisotopic (exact) mass is 208 g/mol. The fraction of sp³-hybridized carbons (Fsp3) is 0.727. The van der Waals surface area contributed by atoms with Gasteiger partial charge in [0, 0.05) is 19.1 Å². The molecule has 0 amide bonds. The van der Waals surface area contributed by atoms with E-state index in [0.29, 0.717) is 12.0 Å². The number of rotatable bonds is 4. The summed E-state index contributed by atoms with van der Waals surface area (Å²) in [6.45, 7) is 3.88. The van der Waals surface area contributed by atoms with Crippen molar-refractivity contribution in [3.63, 3.8) is 0 Å². The Balaban J connectivity index is 1.92. The molecular weight excluding hydrogens is 188 g/mol. The van der Waals surface area contributed by atoms with Crippen LogP contribution in [0.4, 0.5) is 5.95 Å². The Bertz CT molecular complexity index is 312. The van der Waals surface area contributed by atoms with E-state index < -0.39 is 0 Å². The Morgan fingerprint density at radius 3 is 2.93 bits per heavy atom. The van der Waals surface area contributed by atoms with Crippen LogP contribution in [0.25, 0.3) is 0 Å². The van der Waals surface area contributed by atoms with E-state index in [1.165, 1.54) is 31.4 Å². The van der Waals surface area contributed by atoms with Gasteiger partial charge >= 0.3 is 0 Å². The molecule has 0 unspecified atom stereocenters. The first kappa shape index (κ1) is 10.5. The molecule has 1 aliphatic rings. The van der Waals surface area contributed by atoms with Crippen LogP contribution in [0.5, 0.6) is 0 Å². The highest BCUT2D eigenvalue weighted by Crippen LogP contribution is 2.18. The number of nitrogens with one attached hydrogen (secondary N) is 1. The lowest BCUT2D eigenvalue weighted by atomic mass is 10.2. The van der Waals surface area contributed by atoms with Crippen LogP contribution in [-0.4, -0.2) is 15.6 Å². The number of nitrogens with two attached hydrogens (primary N) is 1. The van der Waals surface area contributed by atoms with Crippen LogP contribution >= 0.6 is 0 Å². The summed E-state index contributed by atoms with van der Waals surface area (Å²) < 4.78 is 2.06. The average Bonchev–Trinajstić information content (AvgIpc) is 2.84. The number of aromatic nitrogens is 2. The van der Waals surface area contributed by atoms with Gasteiger partial charge in [0.05, 0.1) is 11.9 Å². The van der Waals surface area contributed by atoms with Gasteiger partial charge in [-0.15, -0.1) is 0 Å². The average molecular weight is 208 g/mol. The smallest absolute Gasteiger partial charge is 0.200 e. The van der Waals surface area contributed by atoms with E-state index >= 15 is 0 Å². The van der Waals surface area contributed by atoms with Gasteiger partial charge in [0.1, 0.15) is 0 Å². The standard InChI is InChI=1S/C11H20N4/c1-2-15-10(8-14-11(15)12)7-13-9-5-3-4-6-9/h8-9,13H,2-7H2,1H3,(H2,12,14). The predicted octanol–water partition coefficient (Wildman–Crippen LogP) is 1.52. The molecule has 0 saturated heterocycles. The molecule has 4 nitrogen and oxygen atoms in total. The van der Waals surface area contributed by atoms with Gasteiger partial charge in [0.15, 0.2) is 5.95 Å². The van der Waals surface area contributed by atoms with Crippen molar-refractivity contribution in [2.45, 2.75) is 51.7 Å². The summed E-state index contributed by atoms with van der Waals surface area (Å²) in [7, 11) is 0. The lowest BCUT2D eigenvalue weighted by Gasteiger charge is -2.12. The molecule has 0 atom stereocenters. The Morgan fingerprint density at radius 1 is 1.53 bits per heavy atom. The molecule has 0 spiro atoms. The zero-order chi connectivity index (χ0) is 10.7. The highest BCUT2D eigenvalue weighted by Gasteiger charge is 2.15. The van der Waals surface area contributed by atoms with E-state index in [1.54, 1.807) is 0 Å². The van der Waals surface area contributed by atoms with Gasteiger partial charge in [-0.3, -0.25) is 0 Å². The molecule has 3 N–H and O–H groups in total. The largest absolute Gasteiger partial charge is 0.369 e. The maximum absolute atomic E-state index is 5.76. The molecule has 0 radical (unpaired) electrons. The number of imidazole rings is 1. The zero-order valence-electron chi connectivity index (χ0n) is 9.37. The third kappa shape index (κ3) is 2.31. The lowest BCUT2D eigenvalue weighted by molar-refractivity contribution is 0.509. The van der Waals surface area contributed by atoms with Crippen molar-refractivity contribution in [3.8, 4) is 0 Å². The van der Waals surface area contributed by atoms with Crippen LogP contribution in [-0.2, 0) is 13.1 Å². The molecule has 1 aliphatic carbocycles. The van der Waals surface area contributed by atoms with E-state index in [9.17, 15) is 0 Å². The molecule has 15 heavy (non-hydrogen) atoms. The minimum absolute atomic E-state index is 0.626. The summed E-state index contributed by atoms with van der Waals surface area (Å²) in [6, 6.07) is 0.700. The SMILES string of the molecule is CCn1c(CNC2CCCC2)cnc1N. The van der Waals surface area contributed by atoms with Crippen molar-refractivity contribution in [1.82, 2.24) is 14.9 Å². The van der Waals surface area contributed by atoms with E-state index in [2.05, 4.69) is 21.8 Å². The molecule has 1 aromatic heterocycles. The minimum atomic E-state index is 0.626. The van der Waals surface area contributed by atoms with Gasteiger partial charge in [-0.2, -0.15) is 0 Å². The third-order valence-corrected chi connectivity index (χ3v) is 3.21. The van der Waals surface area contributed by atoms with Gasteiger partial charge in [-0.1, -0.05) is 12.8 Å². The predicted molar refractivity (Wildman–Crippen MR) is 61.4 cm³/mol. The first-order valence-corrected chi connectivity index (χ1v) is 5.84. The Kier molecular flexibility index (Phi) is 3.26. The fourth-order valence-corrected chi connectivity index (χ4v) is 2.31. The summed E-state index contributed by atoms with van der Waals surface area (Å²) in [4.78, 5) is 4.13. The van der Waals surface area contributed by atoms with Crippen LogP contribution in [0.15, 0.2) is 6.20 Å². The topological polar surface area (TPSA) is 55.9 Å². The summed E-state index contributed by atoms with van der Waals surface area (Å²) >= 11 is 0. The van der Waals surface area contributed by atoms with Crippen molar-refractivity contribution in [1.29, 1.82) is 0 Å². The van der Waals surface area contributed by atoms with E-state index in [4.69, 9.17) is 5.73 Å². The minimum Gasteiger partial charge on any atom is -0.369 e. The van der Waals surface area contributed by atoms with Gasteiger partial charge < -0.3 is 15.6 Å². The maximum Gasteiger partial charge on any atom is 0.200 e. The molecule has 1 saturated carbocycles.